The molecule has 0 saturated carbocycles. The second-order valence-electron chi connectivity index (χ2n) is 10.1. The maximum atomic E-state index is 13.2. The number of carbonyl (C=O) groups excluding carboxylic acids is 1. The van der Waals surface area contributed by atoms with E-state index < -0.39 is 42.0 Å². The molecule has 0 spiro atoms. The Labute approximate surface area is 192 Å². The van der Waals surface area contributed by atoms with Crippen LogP contribution >= 0.6 is 0 Å². The molecule has 2 aliphatic heterocycles. The van der Waals surface area contributed by atoms with Crippen molar-refractivity contribution >= 4 is 11.6 Å². The summed E-state index contributed by atoms with van der Waals surface area (Å²) < 4.78 is 39.6. The Morgan fingerprint density at radius 2 is 1.76 bits per heavy atom. The lowest BCUT2D eigenvalue weighted by Crippen LogP contribution is -2.63. The lowest BCUT2D eigenvalue weighted by molar-refractivity contribution is -0.169. The highest BCUT2D eigenvalue weighted by Crippen LogP contribution is 2.50. The molecule has 0 radical (unpaired) electrons. The molecule has 2 saturated heterocycles. The van der Waals surface area contributed by atoms with Gasteiger partial charge in [-0.15, -0.1) is 0 Å². The van der Waals surface area contributed by atoms with Crippen molar-refractivity contribution in [3.05, 3.63) is 59.4 Å². The van der Waals surface area contributed by atoms with E-state index in [1.807, 2.05) is 38.2 Å². The second kappa shape index (κ2) is 8.09. The maximum Gasteiger partial charge on any atom is 0.394 e. The zero-order valence-electron chi connectivity index (χ0n) is 19.4. The van der Waals surface area contributed by atoms with E-state index in [1.54, 1.807) is 12.3 Å². The molecule has 2 aromatic rings. The number of rotatable bonds is 5. The SMILES string of the molecule is CC(C)c1ccc(C(O)(c2cncc(N3CC(C(F)(F)F)CC3=O)c2)C2(C)CN(C)C2)cc1. The summed E-state index contributed by atoms with van der Waals surface area (Å²) >= 11 is 0. The van der Waals surface area contributed by atoms with E-state index in [4.69, 9.17) is 0 Å². The number of amides is 1. The molecule has 2 fully saturated rings. The Hall–Kier alpha value is -2.45. The molecule has 1 aromatic heterocycles. The van der Waals surface area contributed by atoms with Gasteiger partial charge in [0.25, 0.3) is 0 Å². The number of aromatic nitrogens is 1. The first-order valence-electron chi connectivity index (χ1n) is 11.2. The van der Waals surface area contributed by atoms with Gasteiger partial charge in [0.05, 0.1) is 17.8 Å². The molecule has 0 bridgehead atoms. The van der Waals surface area contributed by atoms with Crippen molar-refractivity contribution in [2.45, 2.75) is 44.9 Å². The van der Waals surface area contributed by atoms with Crippen molar-refractivity contribution in [2.75, 3.05) is 31.6 Å². The quantitative estimate of drug-likeness (QED) is 0.721. The van der Waals surface area contributed by atoms with E-state index in [2.05, 4.69) is 23.7 Å². The summed E-state index contributed by atoms with van der Waals surface area (Å²) in [5, 5.41) is 12.2. The van der Waals surface area contributed by atoms with E-state index in [0.717, 1.165) is 10.5 Å². The Kier molecular flexibility index (Phi) is 5.81. The van der Waals surface area contributed by atoms with Gasteiger partial charge < -0.3 is 14.9 Å². The first-order chi connectivity index (χ1) is 15.3. The highest BCUT2D eigenvalue weighted by Gasteiger charge is 2.55. The van der Waals surface area contributed by atoms with Crippen molar-refractivity contribution in [3.8, 4) is 0 Å². The van der Waals surface area contributed by atoms with Crippen LogP contribution in [0.15, 0.2) is 42.7 Å². The third kappa shape index (κ3) is 4.04. The van der Waals surface area contributed by atoms with Crippen molar-refractivity contribution < 1.29 is 23.1 Å². The number of pyridine rings is 1. The molecule has 1 aromatic carbocycles. The number of halogens is 3. The van der Waals surface area contributed by atoms with Crippen LogP contribution in [-0.2, 0) is 10.4 Å². The molecule has 5 nitrogen and oxygen atoms in total. The number of hydrogen-bond acceptors (Lipinski definition) is 4. The van der Waals surface area contributed by atoms with Crippen LogP contribution in [0.25, 0.3) is 0 Å². The maximum absolute atomic E-state index is 13.2. The summed E-state index contributed by atoms with van der Waals surface area (Å²) in [7, 11) is 1.97. The van der Waals surface area contributed by atoms with Crippen LogP contribution in [0.2, 0.25) is 0 Å². The van der Waals surface area contributed by atoms with Gasteiger partial charge in [-0.05, 0) is 30.2 Å². The lowest BCUT2D eigenvalue weighted by atomic mass is 9.62. The smallest absolute Gasteiger partial charge is 0.380 e. The zero-order chi connectivity index (χ0) is 24.2. The molecule has 33 heavy (non-hydrogen) atoms. The van der Waals surface area contributed by atoms with Gasteiger partial charge in [0.15, 0.2) is 0 Å². The number of likely N-dealkylation sites (tertiary alicyclic amines) is 1. The number of carbonyl (C=O) groups is 1. The van der Waals surface area contributed by atoms with Crippen LogP contribution in [0.1, 0.15) is 49.8 Å². The van der Waals surface area contributed by atoms with Crippen LogP contribution in [0.4, 0.5) is 18.9 Å². The van der Waals surface area contributed by atoms with Crippen molar-refractivity contribution in [1.82, 2.24) is 9.88 Å². The fraction of sp³-hybridized carbons (Fsp3) is 0.520. The van der Waals surface area contributed by atoms with Crippen LogP contribution in [0, 0.1) is 11.3 Å². The summed E-state index contributed by atoms with van der Waals surface area (Å²) in [5.41, 5.74) is 0.621. The molecular weight excluding hydrogens is 431 g/mol. The molecule has 2 aliphatic rings. The number of nitrogens with zero attached hydrogens (tertiary/aromatic N) is 3. The van der Waals surface area contributed by atoms with Gasteiger partial charge >= 0.3 is 6.18 Å². The van der Waals surface area contributed by atoms with Crippen LogP contribution < -0.4 is 4.90 Å². The third-order valence-electron chi connectivity index (χ3n) is 7.15. The minimum atomic E-state index is -4.43. The van der Waals surface area contributed by atoms with E-state index in [1.165, 1.54) is 6.20 Å². The van der Waals surface area contributed by atoms with Gasteiger partial charge in [-0.1, -0.05) is 45.0 Å². The van der Waals surface area contributed by atoms with Gasteiger partial charge in [0, 0.05) is 43.2 Å². The van der Waals surface area contributed by atoms with Gasteiger partial charge in [0.1, 0.15) is 5.60 Å². The molecule has 8 heteroatoms. The number of hydrogen-bond donors (Lipinski definition) is 1. The average molecular weight is 462 g/mol. The van der Waals surface area contributed by atoms with Crippen molar-refractivity contribution in [3.63, 3.8) is 0 Å². The summed E-state index contributed by atoms with van der Waals surface area (Å²) in [6.45, 7) is 7.03. The van der Waals surface area contributed by atoms with E-state index in [-0.39, 0.29) is 5.69 Å². The predicted molar refractivity (Wildman–Crippen MR) is 120 cm³/mol. The van der Waals surface area contributed by atoms with Crippen LogP contribution in [-0.4, -0.2) is 53.8 Å². The number of anilines is 1. The molecule has 1 N–H and O–H groups in total. The summed E-state index contributed by atoms with van der Waals surface area (Å²) in [6.07, 6.45) is -2.07. The number of aliphatic hydroxyl groups is 1. The fourth-order valence-corrected chi connectivity index (χ4v) is 5.30. The monoisotopic (exact) mass is 461 g/mol. The number of alkyl halides is 3. The highest BCUT2D eigenvalue weighted by molar-refractivity contribution is 5.95. The predicted octanol–water partition coefficient (Wildman–Crippen LogP) is 4.31. The molecule has 1 amide bonds. The van der Waals surface area contributed by atoms with Crippen LogP contribution in [0.3, 0.4) is 0 Å². The fourth-order valence-electron chi connectivity index (χ4n) is 5.30. The Morgan fingerprint density at radius 3 is 2.27 bits per heavy atom. The van der Waals surface area contributed by atoms with Crippen molar-refractivity contribution in [1.29, 1.82) is 0 Å². The van der Waals surface area contributed by atoms with Gasteiger partial charge in [0.2, 0.25) is 5.91 Å². The largest absolute Gasteiger partial charge is 0.394 e. The van der Waals surface area contributed by atoms with E-state index >= 15 is 0 Å². The minimum Gasteiger partial charge on any atom is -0.380 e. The van der Waals surface area contributed by atoms with Gasteiger partial charge in [-0.25, -0.2) is 0 Å². The first-order valence-corrected chi connectivity index (χ1v) is 11.2. The topological polar surface area (TPSA) is 56.7 Å². The van der Waals surface area contributed by atoms with Crippen molar-refractivity contribution in [2.24, 2.45) is 11.3 Å². The van der Waals surface area contributed by atoms with Crippen LogP contribution in [0.5, 0.6) is 0 Å². The standard InChI is InChI=1S/C25H30F3N3O2/c1-16(2)17-5-7-18(8-6-17)24(33,23(3)14-30(4)15-23)19-9-21(12-29-11-19)31-13-20(10-22(31)32)25(26,27)28/h5-9,11-12,16,20,33H,10,13-15H2,1-4H3. The average Bonchev–Trinajstić information content (AvgIpc) is 3.14. The van der Waals surface area contributed by atoms with Gasteiger partial charge in [-0.3, -0.25) is 9.78 Å². The molecule has 4 rings (SSSR count). The molecule has 2 atom stereocenters. The second-order valence-corrected chi connectivity index (χ2v) is 10.1. The van der Waals surface area contributed by atoms with E-state index in [0.29, 0.717) is 30.1 Å². The lowest BCUT2D eigenvalue weighted by Gasteiger charge is -2.56. The first kappa shape index (κ1) is 23.7. The van der Waals surface area contributed by atoms with E-state index in [9.17, 15) is 23.1 Å². The third-order valence-corrected chi connectivity index (χ3v) is 7.15. The minimum absolute atomic E-state index is 0.276. The summed E-state index contributed by atoms with van der Waals surface area (Å²) in [5.74, 6) is -1.95. The summed E-state index contributed by atoms with van der Waals surface area (Å²) in [4.78, 5) is 19.9. The molecule has 178 valence electrons. The van der Waals surface area contributed by atoms with Gasteiger partial charge in [-0.2, -0.15) is 13.2 Å². The molecule has 2 unspecified atom stereocenters. The zero-order valence-corrected chi connectivity index (χ0v) is 19.4. The summed E-state index contributed by atoms with van der Waals surface area (Å²) in [6, 6.07) is 9.42. The number of benzene rings is 1. The highest BCUT2D eigenvalue weighted by atomic mass is 19.4. The Balaban J connectivity index is 1.76. The molecular formula is C25H30F3N3O2. The Morgan fingerprint density at radius 1 is 1.12 bits per heavy atom. The normalized spacial score (nSPS) is 23.0. The molecule has 0 aliphatic carbocycles. The Bertz CT molecular complexity index is 1030. The molecule has 3 heterocycles.